The third kappa shape index (κ3) is 3.06. The molecule has 0 atom stereocenters. The topological polar surface area (TPSA) is 40.5 Å². The molecular weight excluding hydrogens is 244 g/mol. The van der Waals surface area contributed by atoms with Gasteiger partial charge >= 0.3 is 0 Å². The van der Waals surface area contributed by atoms with E-state index in [1.807, 2.05) is 11.8 Å². The number of thioether (sulfide) groups is 1. The normalized spacial score (nSPS) is 24.1. The Morgan fingerprint density at radius 1 is 1.38 bits per heavy atom. The summed E-state index contributed by atoms with van der Waals surface area (Å²) in [7, 11) is 0. The standard InChI is InChI=1S/C12H15ClO2S/c13-12-2-1-10(14)5-9(12)7-16-6-8-3-11(15)4-8/h1-2,5,8,11,14-15H,3-4,6-7H2. The second kappa shape index (κ2) is 5.30. The minimum Gasteiger partial charge on any atom is -0.508 e. The van der Waals surface area contributed by atoms with Crippen LogP contribution >= 0.6 is 23.4 Å². The number of aromatic hydroxyl groups is 1. The monoisotopic (exact) mass is 258 g/mol. The summed E-state index contributed by atoms with van der Waals surface area (Å²) < 4.78 is 0. The van der Waals surface area contributed by atoms with Crippen molar-refractivity contribution in [3.8, 4) is 5.75 Å². The highest BCUT2D eigenvalue weighted by molar-refractivity contribution is 7.98. The van der Waals surface area contributed by atoms with E-state index in [0.717, 1.165) is 29.9 Å². The number of phenols is 1. The van der Waals surface area contributed by atoms with Crippen LogP contribution < -0.4 is 0 Å². The van der Waals surface area contributed by atoms with Crippen molar-refractivity contribution in [2.45, 2.75) is 24.7 Å². The quantitative estimate of drug-likeness (QED) is 0.872. The first-order chi connectivity index (χ1) is 7.65. The first-order valence-corrected chi connectivity index (χ1v) is 6.91. The Morgan fingerprint density at radius 3 is 2.81 bits per heavy atom. The molecule has 0 saturated heterocycles. The highest BCUT2D eigenvalue weighted by Crippen LogP contribution is 2.32. The fraction of sp³-hybridized carbons (Fsp3) is 0.500. The second-order valence-electron chi connectivity index (χ2n) is 4.28. The molecule has 4 heteroatoms. The molecule has 0 bridgehead atoms. The number of phenolic OH excluding ortho intramolecular Hbond substituents is 1. The number of aliphatic hydroxyl groups excluding tert-OH is 1. The average molecular weight is 259 g/mol. The maximum Gasteiger partial charge on any atom is 0.115 e. The number of halogens is 1. The number of aliphatic hydroxyl groups is 1. The molecule has 2 N–H and O–H groups in total. The van der Waals surface area contributed by atoms with E-state index < -0.39 is 0 Å². The van der Waals surface area contributed by atoms with Gasteiger partial charge in [0, 0.05) is 10.8 Å². The zero-order valence-corrected chi connectivity index (χ0v) is 10.5. The highest BCUT2D eigenvalue weighted by atomic mass is 35.5. The van der Waals surface area contributed by atoms with E-state index in [1.54, 1.807) is 18.2 Å². The molecule has 16 heavy (non-hydrogen) atoms. The molecule has 0 heterocycles. The van der Waals surface area contributed by atoms with Gasteiger partial charge in [0.1, 0.15) is 5.75 Å². The molecule has 0 aliphatic heterocycles. The van der Waals surface area contributed by atoms with Crippen LogP contribution in [0.3, 0.4) is 0 Å². The summed E-state index contributed by atoms with van der Waals surface area (Å²) in [6.45, 7) is 0. The summed E-state index contributed by atoms with van der Waals surface area (Å²) in [4.78, 5) is 0. The minimum atomic E-state index is -0.0741. The van der Waals surface area contributed by atoms with Crippen LogP contribution in [0.4, 0.5) is 0 Å². The second-order valence-corrected chi connectivity index (χ2v) is 5.72. The Labute approximate surface area is 105 Å². The SMILES string of the molecule is Oc1ccc(Cl)c(CSCC2CC(O)C2)c1. The molecule has 2 rings (SSSR count). The van der Waals surface area contributed by atoms with Crippen molar-refractivity contribution < 1.29 is 10.2 Å². The summed E-state index contributed by atoms with van der Waals surface area (Å²) in [6.07, 6.45) is 1.79. The molecule has 0 amide bonds. The summed E-state index contributed by atoms with van der Waals surface area (Å²) in [6, 6.07) is 5.03. The van der Waals surface area contributed by atoms with Crippen LogP contribution in [0.15, 0.2) is 18.2 Å². The van der Waals surface area contributed by atoms with Crippen molar-refractivity contribution in [1.29, 1.82) is 0 Å². The zero-order chi connectivity index (χ0) is 11.5. The van der Waals surface area contributed by atoms with Gasteiger partial charge in [-0.2, -0.15) is 11.8 Å². The Morgan fingerprint density at radius 2 is 2.12 bits per heavy atom. The predicted molar refractivity (Wildman–Crippen MR) is 68.0 cm³/mol. The lowest BCUT2D eigenvalue weighted by molar-refractivity contribution is 0.0533. The molecule has 1 aromatic rings. The molecule has 1 aliphatic carbocycles. The van der Waals surface area contributed by atoms with E-state index in [1.165, 1.54) is 0 Å². The van der Waals surface area contributed by atoms with Gasteiger partial charge in [-0.15, -0.1) is 0 Å². The molecule has 1 fully saturated rings. The summed E-state index contributed by atoms with van der Waals surface area (Å²) >= 11 is 7.83. The minimum absolute atomic E-state index is 0.0741. The molecule has 1 aromatic carbocycles. The van der Waals surface area contributed by atoms with E-state index in [0.29, 0.717) is 10.9 Å². The van der Waals surface area contributed by atoms with Gasteiger partial charge in [0.25, 0.3) is 0 Å². The Bertz CT molecular complexity index is 364. The molecular formula is C12H15ClO2S. The highest BCUT2D eigenvalue weighted by Gasteiger charge is 2.26. The van der Waals surface area contributed by atoms with Gasteiger partial charge < -0.3 is 10.2 Å². The maximum atomic E-state index is 9.34. The Hall–Kier alpha value is -0.380. The summed E-state index contributed by atoms with van der Waals surface area (Å²) in [5, 5.41) is 19.2. The van der Waals surface area contributed by atoms with Gasteiger partial charge in [-0.1, -0.05) is 11.6 Å². The van der Waals surface area contributed by atoms with Crippen molar-refractivity contribution in [3.05, 3.63) is 28.8 Å². The van der Waals surface area contributed by atoms with Gasteiger partial charge in [0.2, 0.25) is 0 Å². The van der Waals surface area contributed by atoms with E-state index >= 15 is 0 Å². The lowest BCUT2D eigenvalue weighted by Crippen LogP contribution is -2.29. The first-order valence-electron chi connectivity index (χ1n) is 5.38. The van der Waals surface area contributed by atoms with Gasteiger partial charge in [0.05, 0.1) is 6.10 Å². The van der Waals surface area contributed by atoms with E-state index in [4.69, 9.17) is 16.7 Å². The predicted octanol–water partition coefficient (Wildman–Crippen LogP) is 3.05. The van der Waals surface area contributed by atoms with Crippen molar-refractivity contribution in [2.75, 3.05) is 5.75 Å². The van der Waals surface area contributed by atoms with Crippen LogP contribution in [0.1, 0.15) is 18.4 Å². The van der Waals surface area contributed by atoms with E-state index in [-0.39, 0.29) is 11.9 Å². The van der Waals surface area contributed by atoms with Crippen LogP contribution in [0.2, 0.25) is 5.02 Å². The van der Waals surface area contributed by atoms with Crippen molar-refractivity contribution >= 4 is 23.4 Å². The van der Waals surface area contributed by atoms with Gasteiger partial charge in [-0.25, -0.2) is 0 Å². The van der Waals surface area contributed by atoms with Crippen LogP contribution in [-0.2, 0) is 5.75 Å². The Balaban J connectivity index is 1.78. The third-order valence-corrected chi connectivity index (χ3v) is 4.44. The van der Waals surface area contributed by atoms with E-state index in [2.05, 4.69) is 0 Å². The van der Waals surface area contributed by atoms with Gasteiger partial charge in [0.15, 0.2) is 0 Å². The summed E-state index contributed by atoms with van der Waals surface area (Å²) in [5.74, 6) is 2.79. The Kier molecular flexibility index (Phi) is 4.00. The van der Waals surface area contributed by atoms with Crippen LogP contribution in [0, 0.1) is 5.92 Å². The van der Waals surface area contributed by atoms with E-state index in [9.17, 15) is 5.11 Å². The van der Waals surface area contributed by atoms with Crippen molar-refractivity contribution in [2.24, 2.45) is 5.92 Å². The van der Waals surface area contributed by atoms with Gasteiger partial charge in [-0.3, -0.25) is 0 Å². The van der Waals surface area contributed by atoms with Gasteiger partial charge in [-0.05, 0) is 48.3 Å². The lowest BCUT2D eigenvalue weighted by Gasteiger charge is -2.30. The zero-order valence-electron chi connectivity index (χ0n) is 8.90. The number of rotatable bonds is 4. The van der Waals surface area contributed by atoms with Crippen molar-refractivity contribution in [1.82, 2.24) is 0 Å². The molecule has 1 aliphatic rings. The lowest BCUT2D eigenvalue weighted by atomic mass is 9.84. The van der Waals surface area contributed by atoms with Crippen LogP contribution in [-0.4, -0.2) is 22.1 Å². The largest absolute Gasteiger partial charge is 0.508 e. The maximum absolute atomic E-state index is 9.34. The van der Waals surface area contributed by atoms with Crippen LogP contribution in [0.5, 0.6) is 5.75 Å². The van der Waals surface area contributed by atoms with Crippen molar-refractivity contribution in [3.63, 3.8) is 0 Å². The first kappa shape index (κ1) is 12.1. The molecule has 2 nitrogen and oxygen atoms in total. The molecule has 0 unspecified atom stereocenters. The summed E-state index contributed by atoms with van der Waals surface area (Å²) in [5.41, 5.74) is 0.978. The van der Waals surface area contributed by atoms with Crippen LogP contribution in [0.25, 0.3) is 0 Å². The average Bonchev–Trinajstić information content (AvgIpc) is 2.20. The smallest absolute Gasteiger partial charge is 0.115 e. The molecule has 0 spiro atoms. The number of hydrogen-bond donors (Lipinski definition) is 2. The third-order valence-electron chi connectivity index (χ3n) is 2.85. The molecule has 1 saturated carbocycles. The molecule has 88 valence electrons. The number of hydrogen-bond acceptors (Lipinski definition) is 3. The molecule has 0 aromatic heterocycles. The number of benzene rings is 1. The fourth-order valence-corrected chi connectivity index (χ4v) is 3.29. The molecule has 0 radical (unpaired) electrons. The fourth-order valence-electron chi connectivity index (χ4n) is 1.84.